The van der Waals surface area contributed by atoms with Crippen LogP contribution in [0.25, 0.3) is 0 Å². The summed E-state index contributed by atoms with van der Waals surface area (Å²) in [6.45, 7) is 0. The van der Waals surface area contributed by atoms with Crippen LogP contribution >= 0.6 is 0 Å². The fourth-order valence-corrected chi connectivity index (χ4v) is 0.664. The zero-order chi connectivity index (χ0) is 7.72. The molecule has 0 radical (unpaired) electrons. The molecule has 0 saturated carbocycles. The smallest absolute Gasteiger partial charge is 0.366 e. The summed E-state index contributed by atoms with van der Waals surface area (Å²) in [4.78, 5) is 13.1. The summed E-state index contributed by atoms with van der Waals surface area (Å²) in [7, 11) is 1.52. The van der Waals surface area contributed by atoms with Crippen LogP contribution in [0.3, 0.4) is 0 Å². The van der Waals surface area contributed by atoms with Crippen molar-refractivity contribution in [2.24, 2.45) is 7.05 Å². The standard InChI is InChI=1S/C4H6N4O2/c1-7-2-6-3(5)4(7)8(9)10/h2H,5H2,1H3. The van der Waals surface area contributed by atoms with Crippen molar-refractivity contribution in [3.05, 3.63) is 16.4 Å². The van der Waals surface area contributed by atoms with Gasteiger partial charge in [0.05, 0.1) is 7.05 Å². The molecule has 0 aromatic carbocycles. The van der Waals surface area contributed by atoms with Gasteiger partial charge < -0.3 is 15.8 Å². The van der Waals surface area contributed by atoms with E-state index < -0.39 is 4.92 Å². The Kier molecular flexibility index (Phi) is 1.29. The van der Waals surface area contributed by atoms with Gasteiger partial charge >= 0.3 is 5.82 Å². The number of rotatable bonds is 1. The molecule has 0 saturated heterocycles. The second kappa shape index (κ2) is 1.98. The van der Waals surface area contributed by atoms with Crippen molar-refractivity contribution < 1.29 is 4.92 Å². The molecule has 0 aliphatic rings. The molecular formula is C4H6N4O2. The molecule has 0 bridgehead atoms. The van der Waals surface area contributed by atoms with E-state index in [0.717, 1.165) is 0 Å². The van der Waals surface area contributed by atoms with Crippen molar-refractivity contribution in [2.75, 3.05) is 5.73 Å². The fourth-order valence-electron chi connectivity index (χ4n) is 0.664. The minimum Gasteiger partial charge on any atom is -0.377 e. The van der Waals surface area contributed by atoms with E-state index in [1.165, 1.54) is 17.9 Å². The lowest BCUT2D eigenvalue weighted by atomic mass is 10.7. The number of aromatic nitrogens is 2. The predicted octanol–water partition coefficient (Wildman–Crippen LogP) is -0.0895. The molecule has 0 amide bonds. The number of nitro groups is 1. The van der Waals surface area contributed by atoms with Gasteiger partial charge in [-0.1, -0.05) is 0 Å². The van der Waals surface area contributed by atoms with Gasteiger partial charge in [0.15, 0.2) is 6.33 Å². The van der Waals surface area contributed by atoms with Crippen molar-refractivity contribution in [2.45, 2.75) is 0 Å². The molecule has 6 heteroatoms. The zero-order valence-electron chi connectivity index (χ0n) is 5.31. The topological polar surface area (TPSA) is 87.0 Å². The Labute approximate surface area is 56.4 Å². The first-order chi connectivity index (χ1) is 4.63. The highest BCUT2D eigenvalue weighted by molar-refractivity contribution is 5.46. The third kappa shape index (κ3) is 0.790. The molecule has 0 fully saturated rings. The summed E-state index contributed by atoms with van der Waals surface area (Å²) in [6, 6.07) is 0. The van der Waals surface area contributed by atoms with E-state index in [4.69, 9.17) is 5.73 Å². The maximum atomic E-state index is 10.2. The molecule has 2 N–H and O–H groups in total. The van der Waals surface area contributed by atoms with Crippen molar-refractivity contribution in [1.82, 2.24) is 9.55 Å². The number of aryl methyl sites for hydroxylation is 1. The van der Waals surface area contributed by atoms with Crippen LogP contribution in [0.5, 0.6) is 0 Å². The number of nitrogens with zero attached hydrogens (tertiary/aromatic N) is 3. The van der Waals surface area contributed by atoms with Gasteiger partial charge in [-0.05, 0) is 4.92 Å². The van der Waals surface area contributed by atoms with E-state index in [1.807, 2.05) is 0 Å². The molecule has 1 aromatic heterocycles. The Bertz CT molecular complexity index is 247. The van der Waals surface area contributed by atoms with E-state index in [2.05, 4.69) is 4.98 Å². The lowest BCUT2D eigenvalue weighted by Crippen LogP contribution is -1.98. The van der Waals surface area contributed by atoms with Crippen LogP contribution in [-0.2, 0) is 7.05 Å². The average Bonchev–Trinajstić information content (AvgIpc) is 2.11. The van der Waals surface area contributed by atoms with Crippen LogP contribution in [0, 0.1) is 10.1 Å². The SMILES string of the molecule is Cn1cnc(N)c1[N+](=O)[O-]. The summed E-state index contributed by atoms with van der Waals surface area (Å²) in [5, 5.41) is 10.2. The lowest BCUT2D eigenvalue weighted by molar-refractivity contribution is -0.390. The summed E-state index contributed by atoms with van der Waals surface area (Å²) >= 11 is 0. The van der Waals surface area contributed by atoms with Gasteiger partial charge in [0.25, 0.3) is 0 Å². The molecular weight excluding hydrogens is 136 g/mol. The van der Waals surface area contributed by atoms with Gasteiger partial charge in [-0.3, -0.25) is 0 Å². The van der Waals surface area contributed by atoms with Gasteiger partial charge in [0.2, 0.25) is 5.82 Å². The highest BCUT2D eigenvalue weighted by atomic mass is 16.6. The number of anilines is 1. The molecule has 1 heterocycles. The second-order valence-corrected chi connectivity index (χ2v) is 1.82. The number of hydrogen-bond donors (Lipinski definition) is 1. The molecule has 1 rings (SSSR count). The van der Waals surface area contributed by atoms with Crippen molar-refractivity contribution in [3.63, 3.8) is 0 Å². The number of imidazole rings is 1. The molecule has 54 valence electrons. The largest absolute Gasteiger partial charge is 0.377 e. The maximum absolute atomic E-state index is 10.2. The molecule has 0 atom stereocenters. The van der Waals surface area contributed by atoms with Crippen LogP contribution in [0.1, 0.15) is 0 Å². The second-order valence-electron chi connectivity index (χ2n) is 1.82. The molecule has 0 spiro atoms. The third-order valence-corrected chi connectivity index (χ3v) is 1.11. The quantitative estimate of drug-likeness (QED) is 0.438. The van der Waals surface area contributed by atoms with E-state index in [1.54, 1.807) is 0 Å². The molecule has 1 aromatic rings. The number of hydrogen-bond acceptors (Lipinski definition) is 4. The summed E-state index contributed by atoms with van der Waals surface area (Å²) in [5.41, 5.74) is 5.17. The summed E-state index contributed by atoms with van der Waals surface area (Å²) in [6.07, 6.45) is 1.30. The summed E-state index contributed by atoms with van der Waals surface area (Å²) < 4.78 is 1.26. The Morgan fingerprint density at radius 3 is 2.70 bits per heavy atom. The molecule has 0 aliphatic carbocycles. The van der Waals surface area contributed by atoms with Crippen LogP contribution < -0.4 is 5.73 Å². The van der Waals surface area contributed by atoms with Gasteiger partial charge in [-0.15, -0.1) is 0 Å². The fraction of sp³-hybridized carbons (Fsp3) is 0.250. The molecule has 6 nitrogen and oxygen atoms in total. The minimum atomic E-state index is -0.567. The van der Waals surface area contributed by atoms with Crippen LogP contribution in [0.15, 0.2) is 6.33 Å². The predicted molar refractivity (Wildman–Crippen MR) is 34.3 cm³/mol. The van der Waals surface area contributed by atoms with E-state index in [-0.39, 0.29) is 11.6 Å². The first-order valence-corrected chi connectivity index (χ1v) is 2.54. The number of nitrogens with two attached hydrogens (primary N) is 1. The first kappa shape index (κ1) is 6.53. The average molecular weight is 142 g/mol. The van der Waals surface area contributed by atoms with E-state index in [9.17, 15) is 10.1 Å². The lowest BCUT2D eigenvalue weighted by Gasteiger charge is -1.92. The van der Waals surface area contributed by atoms with Crippen LogP contribution in [-0.4, -0.2) is 14.5 Å². The van der Waals surface area contributed by atoms with Gasteiger partial charge in [0, 0.05) is 0 Å². The molecule has 0 aliphatic heterocycles. The first-order valence-electron chi connectivity index (χ1n) is 2.54. The normalized spacial score (nSPS) is 9.70. The minimum absolute atomic E-state index is 0.0486. The van der Waals surface area contributed by atoms with Gasteiger partial charge in [-0.25, -0.2) is 4.57 Å². The third-order valence-electron chi connectivity index (χ3n) is 1.11. The van der Waals surface area contributed by atoms with Crippen molar-refractivity contribution in [1.29, 1.82) is 0 Å². The van der Waals surface area contributed by atoms with Crippen molar-refractivity contribution >= 4 is 11.6 Å². The summed E-state index contributed by atoms with van der Waals surface area (Å²) in [5.74, 6) is -0.215. The zero-order valence-corrected chi connectivity index (χ0v) is 5.31. The van der Waals surface area contributed by atoms with Crippen molar-refractivity contribution in [3.8, 4) is 0 Å². The maximum Gasteiger partial charge on any atom is 0.366 e. The highest BCUT2D eigenvalue weighted by Crippen LogP contribution is 2.16. The Balaban J connectivity index is 3.23. The van der Waals surface area contributed by atoms with E-state index >= 15 is 0 Å². The number of nitrogen functional groups attached to an aromatic ring is 1. The van der Waals surface area contributed by atoms with Crippen LogP contribution in [0.4, 0.5) is 11.6 Å². The highest BCUT2D eigenvalue weighted by Gasteiger charge is 2.15. The van der Waals surface area contributed by atoms with Gasteiger partial charge in [0.1, 0.15) is 0 Å². The molecule has 10 heavy (non-hydrogen) atoms. The Morgan fingerprint density at radius 1 is 1.90 bits per heavy atom. The van der Waals surface area contributed by atoms with E-state index in [0.29, 0.717) is 0 Å². The Hall–Kier alpha value is -1.59. The molecule has 0 unspecified atom stereocenters. The Morgan fingerprint density at radius 2 is 2.50 bits per heavy atom. The van der Waals surface area contributed by atoms with Crippen LogP contribution in [0.2, 0.25) is 0 Å². The van der Waals surface area contributed by atoms with Gasteiger partial charge in [-0.2, -0.15) is 4.98 Å². The monoisotopic (exact) mass is 142 g/mol.